The van der Waals surface area contributed by atoms with Gasteiger partial charge in [0.2, 0.25) is 11.8 Å². The van der Waals surface area contributed by atoms with Crippen LogP contribution in [0.5, 0.6) is 5.88 Å². The molecule has 0 radical (unpaired) electrons. The first kappa shape index (κ1) is 10.2. The molecule has 1 saturated carbocycles. The van der Waals surface area contributed by atoms with Gasteiger partial charge in [-0.25, -0.2) is 4.98 Å². The molecule has 0 aliphatic heterocycles. The highest BCUT2D eigenvalue weighted by Crippen LogP contribution is 2.28. The Kier molecular flexibility index (Phi) is 3.04. The topological polar surface area (TPSA) is 47.0 Å². The monoisotopic (exact) mass is 207 g/mol. The van der Waals surface area contributed by atoms with E-state index in [1.165, 1.54) is 12.8 Å². The predicted octanol–water partition coefficient (Wildman–Crippen LogP) is 2.01. The molecule has 1 aromatic heterocycles. The molecule has 4 heteroatoms. The van der Waals surface area contributed by atoms with Crippen LogP contribution in [0.15, 0.2) is 6.07 Å². The minimum atomic E-state index is 0.637. The van der Waals surface area contributed by atoms with Gasteiger partial charge in [0.1, 0.15) is 0 Å². The van der Waals surface area contributed by atoms with Crippen LogP contribution in [0.1, 0.15) is 25.5 Å². The van der Waals surface area contributed by atoms with Crippen LogP contribution in [-0.2, 0) is 0 Å². The zero-order valence-electron chi connectivity index (χ0n) is 9.29. The summed E-state index contributed by atoms with van der Waals surface area (Å²) >= 11 is 0. The summed E-state index contributed by atoms with van der Waals surface area (Å²) in [5.41, 5.74) is 0.937. The molecule has 0 amide bonds. The summed E-state index contributed by atoms with van der Waals surface area (Å²) in [6, 6.07) is 1.85. The van der Waals surface area contributed by atoms with E-state index in [2.05, 4.69) is 15.3 Å². The largest absolute Gasteiger partial charge is 0.478 e. The van der Waals surface area contributed by atoms with Gasteiger partial charge in [-0.05, 0) is 32.6 Å². The molecule has 4 nitrogen and oxygen atoms in total. The molecule has 1 fully saturated rings. The molecule has 1 N–H and O–H groups in total. The average Bonchev–Trinajstić information content (AvgIpc) is 2.98. The third-order valence-electron chi connectivity index (χ3n) is 2.37. The maximum absolute atomic E-state index is 5.36. The highest BCUT2D eigenvalue weighted by molar-refractivity contribution is 5.30. The minimum absolute atomic E-state index is 0.637. The van der Waals surface area contributed by atoms with Gasteiger partial charge in [0.15, 0.2) is 0 Å². The van der Waals surface area contributed by atoms with Gasteiger partial charge in [-0.2, -0.15) is 4.98 Å². The first-order chi connectivity index (χ1) is 7.28. The highest BCUT2D eigenvalue weighted by atomic mass is 16.5. The molecule has 0 unspecified atom stereocenters. The highest BCUT2D eigenvalue weighted by Gasteiger charge is 2.21. The molecule has 2 rings (SSSR count). The standard InChI is InChI=1S/C11H17N3O/c1-3-15-10-6-8(2)13-11(14-10)12-7-9-4-5-9/h6,9H,3-5,7H2,1-2H3,(H,12,13,14). The van der Waals surface area contributed by atoms with Crippen LogP contribution in [-0.4, -0.2) is 23.1 Å². The van der Waals surface area contributed by atoms with Crippen molar-refractivity contribution in [3.8, 4) is 5.88 Å². The lowest BCUT2D eigenvalue weighted by Gasteiger charge is -2.07. The van der Waals surface area contributed by atoms with Crippen LogP contribution in [0.3, 0.4) is 0 Å². The fourth-order valence-corrected chi connectivity index (χ4v) is 1.40. The Hall–Kier alpha value is -1.32. The number of anilines is 1. The van der Waals surface area contributed by atoms with Crippen molar-refractivity contribution in [3.63, 3.8) is 0 Å². The Morgan fingerprint density at radius 2 is 2.27 bits per heavy atom. The van der Waals surface area contributed by atoms with Crippen LogP contribution in [0.2, 0.25) is 0 Å². The van der Waals surface area contributed by atoms with Gasteiger partial charge in [-0.3, -0.25) is 0 Å². The average molecular weight is 207 g/mol. The van der Waals surface area contributed by atoms with Crippen molar-refractivity contribution in [2.45, 2.75) is 26.7 Å². The number of aryl methyl sites for hydroxylation is 1. The summed E-state index contributed by atoms with van der Waals surface area (Å²) in [4.78, 5) is 8.59. The fraction of sp³-hybridized carbons (Fsp3) is 0.636. The van der Waals surface area contributed by atoms with Crippen LogP contribution in [0.25, 0.3) is 0 Å². The first-order valence-electron chi connectivity index (χ1n) is 5.50. The summed E-state index contributed by atoms with van der Waals surface area (Å²) in [6.45, 7) is 5.52. The molecule has 0 aromatic carbocycles. The van der Waals surface area contributed by atoms with E-state index in [1.807, 2.05) is 19.9 Å². The minimum Gasteiger partial charge on any atom is -0.478 e. The van der Waals surface area contributed by atoms with Crippen molar-refractivity contribution in [1.29, 1.82) is 0 Å². The number of nitrogens with zero attached hydrogens (tertiary/aromatic N) is 2. The number of hydrogen-bond acceptors (Lipinski definition) is 4. The lowest BCUT2D eigenvalue weighted by Crippen LogP contribution is -2.08. The lowest BCUT2D eigenvalue weighted by molar-refractivity contribution is 0.326. The Labute approximate surface area is 90.1 Å². The van der Waals surface area contributed by atoms with Gasteiger partial charge in [-0.1, -0.05) is 0 Å². The normalized spacial score (nSPS) is 15.1. The van der Waals surface area contributed by atoms with Crippen LogP contribution in [0.4, 0.5) is 5.95 Å². The maximum atomic E-state index is 5.36. The summed E-state index contributed by atoms with van der Waals surface area (Å²) in [5.74, 6) is 2.17. The third-order valence-corrected chi connectivity index (χ3v) is 2.37. The summed E-state index contributed by atoms with van der Waals surface area (Å²) in [5, 5.41) is 3.24. The van der Waals surface area contributed by atoms with Gasteiger partial charge in [0, 0.05) is 18.3 Å². The number of aromatic nitrogens is 2. The van der Waals surface area contributed by atoms with E-state index in [9.17, 15) is 0 Å². The number of ether oxygens (including phenoxy) is 1. The molecule has 0 bridgehead atoms. The Bertz CT molecular complexity index is 337. The molecule has 82 valence electrons. The molecule has 1 aliphatic rings. The van der Waals surface area contributed by atoms with E-state index in [0.29, 0.717) is 18.4 Å². The maximum Gasteiger partial charge on any atom is 0.226 e. The molecule has 15 heavy (non-hydrogen) atoms. The van der Waals surface area contributed by atoms with E-state index in [-0.39, 0.29) is 0 Å². The van der Waals surface area contributed by atoms with E-state index in [1.54, 1.807) is 0 Å². The Morgan fingerprint density at radius 3 is 2.93 bits per heavy atom. The summed E-state index contributed by atoms with van der Waals surface area (Å²) < 4.78 is 5.36. The van der Waals surface area contributed by atoms with E-state index >= 15 is 0 Å². The smallest absolute Gasteiger partial charge is 0.226 e. The van der Waals surface area contributed by atoms with Crippen molar-refractivity contribution >= 4 is 5.95 Å². The molecule has 0 atom stereocenters. The quantitative estimate of drug-likeness (QED) is 0.802. The van der Waals surface area contributed by atoms with Gasteiger partial charge in [0.05, 0.1) is 6.61 Å². The number of nitrogens with one attached hydrogen (secondary N) is 1. The molecule has 0 saturated heterocycles. The van der Waals surface area contributed by atoms with Crippen LogP contribution in [0, 0.1) is 12.8 Å². The van der Waals surface area contributed by atoms with Gasteiger partial charge in [-0.15, -0.1) is 0 Å². The molecule has 1 aliphatic carbocycles. The predicted molar refractivity (Wildman–Crippen MR) is 59.2 cm³/mol. The fourth-order valence-electron chi connectivity index (χ4n) is 1.40. The molecular formula is C11H17N3O. The third kappa shape index (κ3) is 3.08. The Morgan fingerprint density at radius 1 is 1.47 bits per heavy atom. The van der Waals surface area contributed by atoms with Crippen molar-refractivity contribution in [3.05, 3.63) is 11.8 Å². The molecule has 0 spiro atoms. The molecule has 1 aromatic rings. The van der Waals surface area contributed by atoms with E-state index in [4.69, 9.17) is 4.74 Å². The van der Waals surface area contributed by atoms with Crippen molar-refractivity contribution in [2.75, 3.05) is 18.5 Å². The van der Waals surface area contributed by atoms with Crippen molar-refractivity contribution < 1.29 is 4.74 Å². The van der Waals surface area contributed by atoms with Gasteiger partial charge >= 0.3 is 0 Å². The van der Waals surface area contributed by atoms with Crippen LogP contribution >= 0.6 is 0 Å². The SMILES string of the molecule is CCOc1cc(C)nc(NCC2CC2)n1. The van der Waals surface area contributed by atoms with E-state index < -0.39 is 0 Å². The van der Waals surface area contributed by atoms with Crippen molar-refractivity contribution in [2.24, 2.45) is 5.92 Å². The molecule has 1 heterocycles. The number of hydrogen-bond donors (Lipinski definition) is 1. The van der Waals surface area contributed by atoms with Gasteiger partial charge < -0.3 is 10.1 Å². The van der Waals surface area contributed by atoms with E-state index in [0.717, 1.165) is 18.2 Å². The zero-order valence-corrected chi connectivity index (χ0v) is 9.29. The lowest BCUT2D eigenvalue weighted by atomic mass is 10.4. The Balaban J connectivity index is 2.00. The second kappa shape index (κ2) is 4.47. The first-order valence-corrected chi connectivity index (χ1v) is 5.50. The van der Waals surface area contributed by atoms with Crippen LogP contribution < -0.4 is 10.1 Å². The second-order valence-electron chi connectivity index (χ2n) is 3.93. The second-order valence-corrected chi connectivity index (χ2v) is 3.93. The number of rotatable bonds is 5. The van der Waals surface area contributed by atoms with Gasteiger partial charge in [0.25, 0.3) is 0 Å². The zero-order chi connectivity index (χ0) is 10.7. The van der Waals surface area contributed by atoms with Crippen molar-refractivity contribution in [1.82, 2.24) is 9.97 Å². The molecular weight excluding hydrogens is 190 g/mol. The summed E-state index contributed by atoms with van der Waals surface area (Å²) in [7, 11) is 0. The summed E-state index contributed by atoms with van der Waals surface area (Å²) in [6.07, 6.45) is 2.66.